The number of hydrogen-bond acceptors (Lipinski definition) is 2. The SMILES string of the molecule is C=CC[C@H](O)[C@H](O[Si](C)(C)C(C)(C)C)C1CCCCC1. The lowest BCUT2D eigenvalue weighted by Gasteiger charge is -2.43. The van der Waals surface area contributed by atoms with Gasteiger partial charge in [-0.25, -0.2) is 0 Å². The maximum atomic E-state index is 10.5. The first-order valence-corrected chi connectivity index (χ1v) is 11.1. The summed E-state index contributed by atoms with van der Waals surface area (Å²) in [7, 11) is -1.84. The van der Waals surface area contributed by atoms with Crippen molar-refractivity contribution >= 4 is 8.32 Å². The Labute approximate surface area is 126 Å². The van der Waals surface area contributed by atoms with Gasteiger partial charge in [-0.1, -0.05) is 46.1 Å². The van der Waals surface area contributed by atoms with Gasteiger partial charge in [-0.3, -0.25) is 0 Å². The van der Waals surface area contributed by atoms with Crippen LogP contribution >= 0.6 is 0 Å². The standard InChI is InChI=1S/C17H34O2Si/c1-7-11-15(18)16(14-12-9-8-10-13-14)19-20(5,6)17(2,3)4/h7,14-16,18H,1,8-13H2,2-6H3/t15-,16+/m0/s1. The Morgan fingerprint density at radius 3 is 2.25 bits per heavy atom. The Balaban J connectivity index is 2.84. The van der Waals surface area contributed by atoms with Gasteiger partial charge in [0.25, 0.3) is 0 Å². The van der Waals surface area contributed by atoms with Crippen LogP contribution in [-0.4, -0.2) is 25.6 Å². The number of aliphatic hydroxyl groups excluding tert-OH is 1. The molecule has 0 radical (unpaired) electrons. The fourth-order valence-electron chi connectivity index (χ4n) is 2.77. The molecule has 1 aliphatic rings. The molecule has 3 heteroatoms. The molecule has 2 nitrogen and oxygen atoms in total. The summed E-state index contributed by atoms with van der Waals surface area (Å²) in [5.41, 5.74) is 0. The maximum absolute atomic E-state index is 10.5. The molecule has 2 atom stereocenters. The second-order valence-electron chi connectivity index (χ2n) is 7.83. The summed E-state index contributed by atoms with van der Waals surface area (Å²) in [4.78, 5) is 0. The van der Waals surface area contributed by atoms with Gasteiger partial charge in [0.15, 0.2) is 8.32 Å². The van der Waals surface area contributed by atoms with Crippen LogP contribution in [0.1, 0.15) is 59.3 Å². The second kappa shape index (κ2) is 7.23. The molecule has 0 aromatic carbocycles. The van der Waals surface area contributed by atoms with Gasteiger partial charge in [-0.05, 0) is 43.3 Å². The topological polar surface area (TPSA) is 29.5 Å². The predicted octanol–water partition coefficient (Wildman–Crippen LogP) is 4.89. The zero-order chi connectivity index (χ0) is 15.4. The largest absolute Gasteiger partial charge is 0.411 e. The first kappa shape index (κ1) is 17.9. The molecule has 0 unspecified atom stereocenters. The van der Waals surface area contributed by atoms with Crippen LogP contribution < -0.4 is 0 Å². The third kappa shape index (κ3) is 4.71. The fraction of sp³-hybridized carbons (Fsp3) is 0.882. The average molecular weight is 299 g/mol. The summed E-state index contributed by atoms with van der Waals surface area (Å²) in [5, 5.41) is 10.7. The first-order valence-electron chi connectivity index (χ1n) is 8.16. The third-order valence-corrected chi connectivity index (χ3v) is 9.61. The Kier molecular flexibility index (Phi) is 6.48. The molecule has 0 amide bonds. The van der Waals surface area contributed by atoms with Gasteiger partial charge in [0, 0.05) is 0 Å². The number of rotatable bonds is 6. The maximum Gasteiger partial charge on any atom is 0.192 e. The van der Waals surface area contributed by atoms with Crippen molar-refractivity contribution in [2.75, 3.05) is 0 Å². The Bertz CT molecular complexity index is 301. The molecule has 1 saturated carbocycles. The van der Waals surface area contributed by atoms with Crippen molar-refractivity contribution in [1.29, 1.82) is 0 Å². The Hall–Kier alpha value is -0.123. The van der Waals surface area contributed by atoms with Gasteiger partial charge in [0.1, 0.15) is 0 Å². The molecule has 1 rings (SSSR count). The van der Waals surface area contributed by atoms with Crippen molar-refractivity contribution in [3.8, 4) is 0 Å². The van der Waals surface area contributed by atoms with Crippen LogP contribution in [0.25, 0.3) is 0 Å². The van der Waals surface area contributed by atoms with E-state index in [1.165, 1.54) is 32.1 Å². The molecule has 20 heavy (non-hydrogen) atoms. The summed E-state index contributed by atoms with van der Waals surface area (Å²) in [6.45, 7) is 15.1. The van der Waals surface area contributed by atoms with Crippen molar-refractivity contribution in [3.05, 3.63) is 12.7 Å². The molecule has 0 aromatic heterocycles. The van der Waals surface area contributed by atoms with Crippen molar-refractivity contribution in [2.24, 2.45) is 5.92 Å². The molecule has 1 fully saturated rings. The molecule has 0 bridgehead atoms. The number of hydrogen-bond donors (Lipinski definition) is 1. The average Bonchev–Trinajstić information content (AvgIpc) is 2.36. The van der Waals surface area contributed by atoms with Crippen molar-refractivity contribution in [1.82, 2.24) is 0 Å². The van der Waals surface area contributed by atoms with Crippen LogP contribution in [0.2, 0.25) is 18.1 Å². The van der Waals surface area contributed by atoms with Crippen LogP contribution in [-0.2, 0) is 4.43 Å². The van der Waals surface area contributed by atoms with E-state index in [1.54, 1.807) is 0 Å². The zero-order valence-corrected chi connectivity index (χ0v) is 15.1. The lowest BCUT2D eigenvalue weighted by atomic mass is 9.83. The van der Waals surface area contributed by atoms with Gasteiger partial charge in [0.2, 0.25) is 0 Å². The Morgan fingerprint density at radius 2 is 1.80 bits per heavy atom. The van der Waals surface area contributed by atoms with E-state index in [0.717, 1.165) is 0 Å². The molecule has 0 aromatic rings. The van der Waals surface area contributed by atoms with Crippen LogP contribution in [0.4, 0.5) is 0 Å². The van der Waals surface area contributed by atoms with E-state index in [0.29, 0.717) is 12.3 Å². The van der Waals surface area contributed by atoms with E-state index >= 15 is 0 Å². The summed E-state index contributed by atoms with van der Waals surface area (Å²) >= 11 is 0. The highest BCUT2D eigenvalue weighted by atomic mass is 28.4. The van der Waals surface area contributed by atoms with Gasteiger partial charge in [-0.15, -0.1) is 6.58 Å². The minimum Gasteiger partial charge on any atom is -0.411 e. The smallest absolute Gasteiger partial charge is 0.192 e. The van der Waals surface area contributed by atoms with Crippen LogP contribution in [0.15, 0.2) is 12.7 Å². The van der Waals surface area contributed by atoms with Gasteiger partial charge in [-0.2, -0.15) is 0 Å². The summed E-state index contributed by atoms with van der Waals surface area (Å²) in [6.07, 6.45) is 8.35. The Morgan fingerprint density at radius 1 is 1.25 bits per heavy atom. The molecule has 1 N–H and O–H groups in total. The van der Waals surface area contributed by atoms with Crippen LogP contribution in [0, 0.1) is 5.92 Å². The third-order valence-electron chi connectivity index (χ3n) is 5.14. The molecule has 0 aliphatic heterocycles. The normalized spacial score (nSPS) is 21.5. The first-order chi connectivity index (χ1) is 9.19. The van der Waals surface area contributed by atoms with Crippen LogP contribution in [0.3, 0.4) is 0 Å². The molecular formula is C17H34O2Si. The van der Waals surface area contributed by atoms with Crippen molar-refractivity contribution in [3.63, 3.8) is 0 Å². The van der Waals surface area contributed by atoms with Gasteiger partial charge < -0.3 is 9.53 Å². The highest BCUT2D eigenvalue weighted by molar-refractivity contribution is 6.74. The highest BCUT2D eigenvalue weighted by Crippen LogP contribution is 2.40. The molecule has 0 heterocycles. The fourth-order valence-corrected chi connectivity index (χ4v) is 4.16. The van der Waals surface area contributed by atoms with Crippen LogP contribution in [0.5, 0.6) is 0 Å². The second-order valence-corrected chi connectivity index (χ2v) is 12.6. The van der Waals surface area contributed by atoms with E-state index in [2.05, 4.69) is 40.4 Å². The van der Waals surface area contributed by atoms with E-state index in [9.17, 15) is 5.11 Å². The summed E-state index contributed by atoms with van der Waals surface area (Å²) in [5.74, 6) is 0.521. The van der Waals surface area contributed by atoms with E-state index in [1.807, 2.05) is 6.08 Å². The predicted molar refractivity (Wildman–Crippen MR) is 89.5 cm³/mol. The molecular weight excluding hydrogens is 264 g/mol. The molecule has 0 spiro atoms. The summed E-state index contributed by atoms with van der Waals surface area (Å²) < 4.78 is 6.60. The van der Waals surface area contributed by atoms with E-state index in [4.69, 9.17) is 4.43 Å². The monoisotopic (exact) mass is 298 g/mol. The minimum absolute atomic E-state index is 0.00538. The van der Waals surface area contributed by atoms with E-state index < -0.39 is 14.4 Å². The lowest BCUT2D eigenvalue weighted by molar-refractivity contribution is -0.0166. The van der Waals surface area contributed by atoms with Gasteiger partial charge in [0.05, 0.1) is 12.2 Å². The highest BCUT2D eigenvalue weighted by Gasteiger charge is 2.42. The van der Waals surface area contributed by atoms with Gasteiger partial charge >= 0.3 is 0 Å². The number of aliphatic hydroxyl groups is 1. The summed E-state index contributed by atoms with van der Waals surface area (Å²) in [6, 6.07) is 0. The molecule has 118 valence electrons. The van der Waals surface area contributed by atoms with Crippen molar-refractivity contribution < 1.29 is 9.53 Å². The zero-order valence-electron chi connectivity index (χ0n) is 14.1. The quantitative estimate of drug-likeness (QED) is 0.558. The molecule has 1 aliphatic carbocycles. The minimum atomic E-state index is -1.84. The molecule has 0 saturated heterocycles. The van der Waals surface area contributed by atoms with E-state index in [-0.39, 0.29) is 11.1 Å². The van der Waals surface area contributed by atoms with Crippen molar-refractivity contribution in [2.45, 2.75) is 89.6 Å². The lowest BCUT2D eigenvalue weighted by Crippen LogP contribution is -2.49.